The largest absolute Gasteiger partial charge is 0.325 e. The number of anilines is 1. The molecule has 2 N–H and O–H groups in total. The van der Waals surface area contributed by atoms with E-state index in [2.05, 4.69) is 10.6 Å². The van der Waals surface area contributed by atoms with Gasteiger partial charge in [-0.3, -0.25) is 14.9 Å². The van der Waals surface area contributed by atoms with Crippen LogP contribution in [0.5, 0.6) is 0 Å². The maximum atomic E-state index is 12.0. The van der Waals surface area contributed by atoms with Crippen molar-refractivity contribution in [1.82, 2.24) is 5.32 Å². The van der Waals surface area contributed by atoms with E-state index < -0.39 is 4.92 Å². The summed E-state index contributed by atoms with van der Waals surface area (Å²) in [5, 5.41) is 17.3. The molecule has 0 radical (unpaired) electrons. The number of nitrogens with zero attached hydrogens (tertiary/aromatic N) is 1. The van der Waals surface area contributed by atoms with Crippen molar-refractivity contribution in [2.75, 3.05) is 11.9 Å². The fourth-order valence-electron chi connectivity index (χ4n) is 2.21. The third-order valence-corrected chi connectivity index (χ3v) is 3.89. The van der Waals surface area contributed by atoms with Gasteiger partial charge in [0.05, 0.1) is 11.5 Å². The van der Waals surface area contributed by atoms with E-state index >= 15 is 0 Å². The van der Waals surface area contributed by atoms with Crippen molar-refractivity contribution < 1.29 is 9.72 Å². The van der Waals surface area contributed by atoms with Crippen LogP contribution < -0.4 is 10.6 Å². The third-order valence-electron chi connectivity index (χ3n) is 3.63. The summed E-state index contributed by atoms with van der Waals surface area (Å²) < 4.78 is 0. The van der Waals surface area contributed by atoms with Gasteiger partial charge in [-0.25, -0.2) is 0 Å². The fourth-order valence-corrected chi connectivity index (χ4v) is 2.34. The molecule has 0 aliphatic heterocycles. The highest BCUT2D eigenvalue weighted by Gasteiger charge is 2.11. The number of rotatable bonds is 6. The average molecular weight is 348 g/mol. The van der Waals surface area contributed by atoms with E-state index in [1.54, 1.807) is 19.1 Å². The number of benzene rings is 2. The van der Waals surface area contributed by atoms with Crippen LogP contribution in [0.4, 0.5) is 11.4 Å². The third kappa shape index (κ3) is 4.78. The van der Waals surface area contributed by atoms with Gasteiger partial charge in [0.2, 0.25) is 5.91 Å². The van der Waals surface area contributed by atoms with Crippen LogP contribution in [0.2, 0.25) is 5.02 Å². The smallest absolute Gasteiger partial charge is 0.269 e. The second-order valence-corrected chi connectivity index (χ2v) is 5.90. The van der Waals surface area contributed by atoms with Crippen molar-refractivity contribution in [1.29, 1.82) is 0 Å². The van der Waals surface area contributed by atoms with Gasteiger partial charge < -0.3 is 10.6 Å². The zero-order valence-corrected chi connectivity index (χ0v) is 14.1. The van der Waals surface area contributed by atoms with E-state index in [9.17, 15) is 14.9 Å². The van der Waals surface area contributed by atoms with Crippen LogP contribution in [0, 0.1) is 17.0 Å². The topological polar surface area (TPSA) is 84.3 Å². The second-order valence-electron chi connectivity index (χ2n) is 5.46. The van der Waals surface area contributed by atoms with E-state index in [1.807, 2.05) is 19.1 Å². The lowest BCUT2D eigenvalue weighted by atomic mass is 10.1. The summed E-state index contributed by atoms with van der Waals surface area (Å²) in [6, 6.07) is 11.7. The molecular formula is C17H18ClN3O3. The van der Waals surface area contributed by atoms with Crippen molar-refractivity contribution >= 4 is 28.9 Å². The molecule has 1 atom stereocenters. The molecule has 2 aromatic rings. The fraction of sp³-hybridized carbons (Fsp3) is 0.235. The highest BCUT2D eigenvalue weighted by molar-refractivity contribution is 6.30. The Morgan fingerprint density at radius 3 is 2.50 bits per heavy atom. The number of hydrogen-bond acceptors (Lipinski definition) is 4. The van der Waals surface area contributed by atoms with Gasteiger partial charge in [-0.2, -0.15) is 0 Å². The first kappa shape index (κ1) is 17.9. The molecule has 0 saturated heterocycles. The summed E-state index contributed by atoms with van der Waals surface area (Å²) in [6.45, 7) is 3.79. The van der Waals surface area contributed by atoms with Gasteiger partial charge in [0.25, 0.3) is 5.69 Å². The molecule has 1 amide bonds. The molecule has 0 unspecified atom stereocenters. The van der Waals surface area contributed by atoms with Crippen molar-refractivity contribution in [2.24, 2.45) is 0 Å². The van der Waals surface area contributed by atoms with Gasteiger partial charge in [0, 0.05) is 28.9 Å². The molecule has 0 spiro atoms. The number of hydrogen-bond donors (Lipinski definition) is 2. The molecule has 2 rings (SSSR count). The zero-order valence-electron chi connectivity index (χ0n) is 13.4. The molecule has 7 heteroatoms. The molecule has 0 fully saturated rings. The Morgan fingerprint density at radius 2 is 1.92 bits per heavy atom. The number of halogens is 1. The number of nitro benzene ring substituents is 1. The number of carbonyl (C=O) groups is 1. The monoisotopic (exact) mass is 347 g/mol. The van der Waals surface area contributed by atoms with Gasteiger partial charge >= 0.3 is 0 Å². The number of aryl methyl sites for hydroxylation is 1. The first-order valence-electron chi connectivity index (χ1n) is 7.40. The van der Waals surface area contributed by atoms with Gasteiger partial charge in [-0.1, -0.05) is 23.7 Å². The minimum Gasteiger partial charge on any atom is -0.325 e. The Bertz CT molecular complexity index is 747. The Balaban J connectivity index is 1.91. The molecule has 0 bridgehead atoms. The zero-order chi connectivity index (χ0) is 17.7. The van der Waals surface area contributed by atoms with Crippen LogP contribution in [0.25, 0.3) is 0 Å². The second kappa shape index (κ2) is 7.90. The van der Waals surface area contributed by atoms with Gasteiger partial charge in [0.15, 0.2) is 0 Å². The quantitative estimate of drug-likeness (QED) is 0.614. The number of amides is 1. The number of nitrogens with one attached hydrogen (secondary N) is 2. The summed E-state index contributed by atoms with van der Waals surface area (Å²) in [7, 11) is 0. The number of non-ortho nitro benzene ring substituents is 1. The first-order chi connectivity index (χ1) is 11.4. The predicted octanol–water partition coefficient (Wildman–Crippen LogP) is 3.85. The Hall–Kier alpha value is -2.44. The molecule has 0 saturated carbocycles. The van der Waals surface area contributed by atoms with E-state index in [0.29, 0.717) is 16.3 Å². The summed E-state index contributed by atoms with van der Waals surface area (Å²) >= 11 is 5.85. The molecule has 24 heavy (non-hydrogen) atoms. The summed E-state index contributed by atoms with van der Waals surface area (Å²) in [5.74, 6) is -0.215. The van der Waals surface area contributed by atoms with E-state index in [-0.39, 0.29) is 24.2 Å². The Kier molecular flexibility index (Phi) is 5.89. The molecule has 2 aromatic carbocycles. The van der Waals surface area contributed by atoms with Crippen LogP contribution >= 0.6 is 11.6 Å². The minimum absolute atomic E-state index is 0.0000143. The standard InChI is InChI=1S/C17H18ClN3O3/c1-11-9-15(21(23)24)7-8-16(11)20-17(22)10-19-12(2)13-3-5-14(18)6-4-13/h3-9,12,19H,10H2,1-2H3,(H,20,22)/t12-/m0/s1. The summed E-state index contributed by atoms with van der Waals surface area (Å²) in [5.41, 5.74) is 2.23. The average Bonchev–Trinajstić information content (AvgIpc) is 2.55. The first-order valence-corrected chi connectivity index (χ1v) is 7.78. The van der Waals surface area contributed by atoms with Gasteiger partial charge in [0.1, 0.15) is 0 Å². The van der Waals surface area contributed by atoms with E-state index in [4.69, 9.17) is 11.6 Å². The lowest BCUT2D eigenvalue weighted by Crippen LogP contribution is -2.30. The highest BCUT2D eigenvalue weighted by Crippen LogP contribution is 2.21. The van der Waals surface area contributed by atoms with Gasteiger partial charge in [-0.05, 0) is 43.2 Å². The van der Waals surface area contributed by atoms with Gasteiger partial charge in [-0.15, -0.1) is 0 Å². The molecule has 0 aliphatic carbocycles. The normalized spacial score (nSPS) is 11.8. The van der Waals surface area contributed by atoms with Crippen molar-refractivity contribution in [2.45, 2.75) is 19.9 Å². The maximum absolute atomic E-state index is 12.0. The maximum Gasteiger partial charge on any atom is 0.269 e. The predicted molar refractivity (Wildman–Crippen MR) is 94.3 cm³/mol. The van der Waals surface area contributed by atoms with E-state index in [1.165, 1.54) is 18.2 Å². The molecule has 0 aromatic heterocycles. The lowest BCUT2D eigenvalue weighted by molar-refractivity contribution is -0.384. The number of carbonyl (C=O) groups excluding carboxylic acids is 1. The van der Waals surface area contributed by atoms with Crippen LogP contribution in [0.3, 0.4) is 0 Å². The Morgan fingerprint density at radius 1 is 1.25 bits per heavy atom. The van der Waals surface area contributed by atoms with Crippen molar-refractivity contribution in [3.05, 3.63) is 68.7 Å². The van der Waals surface area contributed by atoms with Crippen LogP contribution in [-0.4, -0.2) is 17.4 Å². The highest BCUT2D eigenvalue weighted by atomic mass is 35.5. The van der Waals surface area contributed by atoms with Crippen LogP contribution in [-0.2, 0) is 4.79 Å². The van der Waals surface area contributed by atoms with Crippen molar-refractivity contribution in [3.63, 3.8) is 0 Å². The molecule has 0 heterocycles. The van der Waals surface area contributed by atoms with E-state index in [0.717, 1.165) is 5.56 Å². The van der Waals surface area contributed by atoms with Crippen molar-refractivity contribution in [3.8, 4) is 0 Å². The molecule has 0 aliphatic rings. The summed E-state index contributed by atoms with van der Waals surface area (Å²) in [4.78, 5) is 22.3. The molecule has 6 nitrogen and oxygen atoms in total. The van der Waals surface area contributed by atoms with Crippen LogP contribution in [0.1, 0.15) is 24.1 Å². The lowest BCUT2D eigenvalue weighted by Gasteiger charge is -2.15. The Labute approximate surface area is 145 Å². The minimum atomic E-state index is -0.464. The van der Waals surface area contributed by atoms with Crippen LogP contribution in [0.15, 0.2) is 42.5 Å². The molecular weight excluding hydrogens is 330 g/mol. The number of nitro groups is 1. The molecule has 126 valence electrons. The summed E-state index contributed by atoms with van der Waals surface area (Å²) in [6.07, 6.45) is 0. The SMILES string of the molecule is Cc1cc([N+](=O)[O-])ccc1NC(=O)CN[C@@H](C)c1ccc(Cl)cc1.